The zero-order chi connectivity index (χ0) is 18.1. The molecule has 0 spiro atoms. The van der Waals surface area contributed by atoms with Gasteiger partial charge >= 0.3 is 0 Å². The van der Waals surface area contributed by atoms with Gasteiger partial charge in [0.15, 0.2) is 0 Å². The molecular formula is C26H25N. The van der Waals surface area contributed by atoms with Crippen LogP contribution in [0.5, 0.6) is 0 Å². The second-order valence-electron chi connectivity index (χ2n) is 7.70. The van der Waals surface area contributed by atoms with E-state index in [1.807, 2.05) is 0 Å². The molecule has 0 radical (unpaired) electrons. The fraction of sp³-hybridized carbons (Fsp3) is 0.231. The van der Waals surface area contributed by atoms with Crippen LogP contribution >= 0.6 is 0 Å². The molecule has 1 heterocycles. The molecule has 1 heteroatoms. The van der Waals surface area contributed by atoms with E-state index < -0.39 is 0 Å². The van der Waals surface area contributed by atoms with Gasteiger partial charge in [-0.1, -0.05) is 84.9 Å². The summed E-state index contributed by atoms with van der Waals surface area (Å²) in [6, 6.07) is 31.0. The van der Waals surface area contributed by atoms with Gasteiger partial charge in [0.2, 0.25) is 0 Å². The summed E-state index contributed by atoms with van der Waals surface area (Å²) in [6.45, 7) is 3.40. The number of rotatable bonds is 4. The highest BCUT2D eigenvalue weighted by Crippen LogP contribution is 2.48. The van der Waals surface area contributed by atoms with E-state index >= 15 is 0 Å². The van der Waals surface area contributed by atoms with Gasteiger partial charge in [-0.25, -0.2) is 0 Å². The molecule has 0 amide bonds. The Morgan fingerprint density at radius 1 is 0.778 bits per heavy atom. The molecule has 5 rings (SSSR count). The fourth-order valence-electron chi connectivity index (χ4n) is 4.78. The van der Waals surface area contributed by atoms with Gasteiger partial charge in [0.05, 0.1) is 0 Å². The second-order valence-corrected chi connectivity index (χ2v) is 7.70. The Labute approximate surface area is 162 Å². The molecule has 1 aliphatic heterocycles. The van der Waals surface area contributed by atoms with Crippen molar-refractivity contribution in [1.82, 2.24) is 4.90 Å². The zero-order valence-electron chi connectivity index (χ0n) is 15.6. The first-order valence-corrected chi connectivity index (χ1v) is 10.0. The molecular weight excluding hydrogens is 326 g/mol. The molecule has 1 atom stereocenters. The Kier molecular flexibility index (Phi) is 4.39. The largest absolute Gasteiger partial charge is 0.299 e. The van der Waals surface area contributed by atoms with Crippen molar-refractivity contribution in [2.45, 2.75) is 18.8 Å². The molecule has 3 aromatic rings. The van der Waals surface area contributed by atoms with E-state index in [2.05, 4.69) is 89.8 Å². The van der Waals surface area contributed by atoms with Crippen LogP contribution in [-0.2, 0) is 6.42 Å². The van der Waals surface area contributed by atoms with Crippen LogP contribution in [0, 0.1) is 0 Å². The number of fused-ring (bicyclic) bond motifs is 2. The predicted octanol–water partition coefficient (Wildman–Crippen LogP) is 5.53. The first-order valence-electron chi connectivity index (χ1n) is 10.0. The summed E-state index contributed by atoms with van der Waals surface area (Å²) in [6.07, 6.45) is 2.30. The molecule has 0 N–H and O–H groups in total. The van der Waals surface area contributed by atoms with Crippen molar-refractivity contribution in [3.05, 3.63) is 113 Å². The first kappa shape index (κ1) is 16.5. The predicted molar refractivity (Wildman–Crippen MR) is 113 cm³/mol. The van der Waals surface area contributed by atoms with E-state index in [1.165, 1.54) is 35.2 Å². The topological polar surface area (TPSA) is 3.24 Å². The number of hydrogen-bond acceptors (Lipinski definition) is 1. The van der Waals surface area contributed by atoms with Crippen molar-refractivity contribution in [2.24, 2.45) is 0 Å². The number of hydrogen-bond donors (Lipinski definition) is 0. The molecule has 3 aromatic carbocycles. The third-order valence-electron chi connectivity index (χ3n) is 6.10. The Morgan fingerprint density at radius 2 is 1.48 bits per heavy atom. The van der Waals surface area contributed by atoms with Gasteiger partial charge < -0.3 is 0 Å². The smallest absolute Gasteiger partial charge is 0.0323 e. The van der Waals surface area contributed by atoms with Gasteiger partial charge in [-0.2, -0.15) is 0 Å². The van der Waals surface area contributed by atoms with E-state index in [-0.39, 0.29) is 0 Å². The van der Waals surface area contributed by atoms with Gasteiger partial charge in [-0.3, -0.25) is 4.90 Å². The Balaban J connectivity index is 1.42. The SMILES string of the molecule is c1ccc(CCN2CCC3=C(C2)C(c2ccccc2)c2ccccc23)cc1. The molecule has 1 unspecified atom stereocenters. The summed E-state index contributed by atoms with van der Waals surface area (Å²) in [5.74, 6) is 0.428. The normalized spacial score (nSPS) is 19.0. The maximum absolute atomic E-state index is 2.65. The van der Waals surface area contributed by atoms with Crippen LogP contribution in [0.25, 0.3) is 5.57 Å². The molecule has 134 valence electrons. The van der Waals surface area contributed by atoms with Crippen molar-refractivity contribution in [2.75, 3.05) is 19.6 Å². The van der Waals surface area contributed by atoms with Crippen molar-refractivity contribution in [3.8, 4) is 0 Å². The van der Waals surface area contributed by atoms with E-state index in [9.17, 15) is 0 Å². The summed E-state index contributed by atoms with van der Waals surface area (Å²) in [7, 11) is 0. The van der Waals surface area contributed by atoms with E-state index in [0.717, 1.165) is 19.5 Å². The minimum Gasteiger partial charge on any atom is -0.299 e. The van der Waals surface area contributed by atoms with Crippen molar-refractivity contribution >= 4 is 5.57 Å². The minimum absolute atomic E-state index is 0.428. The van der Waals surface area contributed by atoms with Crippen LogP contribution in [0.15, 0.2) is 90.5 Å². The first-order chi connectivity index (χ1) is 13.4. The average molecular weight is 351 g/mol. The summed E-state index contributed by atoms with van der Waals surface area (Å²) >= 11 is 0. The highest BCUT2D eigenvalue weighted by Gasteiger charge is 2.34. The lowest BCUT2D eigenvalue weighted by molar-refractivity contribution is 0.295. The second kappa shape index (κ2) is 7.17. The van der Waals surface area contributed by atoms with Crippen LogP contribution in [-0.4, -0.2) is 24.5 Å². The third-order valence-corrected chi connectivity index (χ3v) is 6.10. The summed E-state index contributed by atoms with van der Waals surface area (Å²) in [5, 5.41) is 0. The van der Waals surface area contributed by atoms with Gasteiger partial charge in [0, 0.05) is 25.6 Å². The van der Waals surface area contributed by atoms with E-state index in [4.69, 9.17) is 0 Å². The highest BCUT2D eigenvalue weighted by molar-refractivity contribution is 5.81. The summed E-state index contributed by atoms with van der Waals surface area (Å²) in [4.78, 5) is 2.65. The lowest BCUT2D eigenvalue weighted by Gasteiger charge is -2.31. The van der Waals surface area contributed by atoms with E-state index in [0.29, 0.717) is 5.92 Å². The van der Waals surface area contributed by atoms with Gasteiger partial charge in [-0.15, -0.1) is 0 Å². The molecule has 1 nitrogen and oxygen atoms in total. The van der Waals surface area contributed by atoms with Crippen LogP contribution < -0.4 is 0 Å². The van der Waals surface area contributed by atoms with Crippen molar-refractivity contribution in [3.63, 3.8) is 0 Å². The van der Waals surface area contributed by atoms with Gasteiger partial charge in [0.1, 0.15) is 0 Å². The molecule has 0 fully saturated rings. The minimum atomic E-state index is 0.428. The van der Waals surface area contributed by atoms with Crippen molar-refractivity contribution < 1.29 is 0 Å². The quantitative estimate of drug-likeness (QED) is 0.597. The number of benzene rings is 3. The molecule has 27 heavy (non-hydrogen) atoms. The highest BCUT2D eigenvalue weighted by atomic mass is 15.1. The molecule has 0 bridgehead atoms. The maximum Gasteiger partial charge on any atom is 0.0323 e. The monoisotopic (exact) mass is 351 g/mol. The molecule has 0 saturated heterocycles. The van der Waals surface area contributed by atoms with E-state index in [1.54, 1.807) is 11.1 Å². The number of nitrogens with zero attached hydrogens (tertiary/aromatic N) is 1. The third kappa shape index (κ3) is 3.13. The molecule has 1 aliphatic carbocycles. The van der Waals surface area contributed by atoms with Crippen LogP contribution in [0.2, 0.25) is 0 Å². The fourth-order valence-corrected chi connectivity index (χ4v) is 4.78. The maximum atomic E-state index is 2.65. The van der Waals surface area contributed by atoms with Gasteiger partial charge in [0.25, 0.3) is 0 Å². The lowest BCUT2D eigenvalue weighted by atomic mass is 9.87. The molecule has 0 aromatic heterocycles. The zero-order valence-corrected chi connectivity index (χ0v) is 15.6. The van der Waals surface area contributed by atoms with Crippen LogP contribution in [0.3, 0.4) is 0 Å². The molecule has 0 saturated carbocycles. The van der Waals surface area contributed by atoms with Crippen LogP contribution in [0.1, 0.15) is 34.6 Å². The van der Waals surface area contributed by atoms with Gasteiger partial charge in [-0.05, 0) is 46.2 Å². The van der Waals surface area contributed by atoms with Crippen molar-refractivity contribution in [1.29, 1.82) is 0 Å². The molecule has 2 aliphatic rings. The Hall–Kier alpha value is -2.64. The summed E-state index contributed by atoms with van der Waals surface area (Å²) < 4.78 is 0. The lowest BCUT2D eigenvalue weighted by Crippen LogP contribution is -2.33. The Morgan fingerprint density at radius 3 is 2.30 bits per heavy atom. The average Bonchev–Trinajstić information content (AvgIpc) is 3.07. The summed E-state index contributed by atoms with van der Waals surface area (Å²) in [5.41, 5.74) is 9.09. The van der Waals surface area contributed by atoms with Crippen LogP contribution in [0.4, 0.5) is 0 Å². The Bertz CT molecular complexity index is 956. The standard InChI is InChI=1S/C26H25N/c1-3-9-20(10-4-1)15-17-27-18-16-23-22-13-7-8-14-24(22)26(25(23)19-27)21-11-5-2-6-12-21/h1-14,26H,15-19H2.